The topological polar surface area (TPSA) is 175 Å². The molecular weight excluding hydrogens is 949 g/mol. The second-order valence-corrected chi connectivity index (χ2v) is 19.5. The minimum absolute atomic E-state index is 0.0242. The molecule has 6 atom stereocenters. The van der Waals surface area contributed by atoms with Crippen LogP contribution in [0.25, 0.3) is 0 Å². The summed E-state index contributed by atoms with van der Waals surface area (Å²) in [6.45, 7) is 5.65. The summed E-state index contributed by atoms with van der Waals surface area (Å²) in [5, 5.41) is 31.5. The van der Waals surface area contributed by atoms with Crippen LogP contribution >= 0.6 is 0 Å². The van der Waals surface area contributed by atoms with E-state index in [0.717, 1.165) is 89.9 Å². The van der Waals surface area contributed by atoms with E-state index in [1.807, 2.05) is 12.2 Å². The molecule has 0 aliphatic carbocycles. The van der Waals surface area contributed by atoms with Gasteiger partial charge in [0.25, 0.3) is 0 Å². The van der Waals surface area contributed by atoms with Crippen LogP contribution in [0.3, 0.4) is 0 Å². The molecule has 1 aliphatic rings. The maximum absolute atomic E-state index is 13.1. The number of rotatable bonds is 48. The van der Waals surface area contributed by atoms with Crippen molar-refractivity contribution in [2.75, 3.05) is 13.2 Å². The van der Waals surface area contributed by atoms with Crippen LogP contribution in [-0.2, 0) is 42.9 Å². The van der Waals surface area contributed by atoms with E-state index in [9.17, 15) is 34.5 Å². The monoisotopic (exact) mass is 1050 g/mol. The number of carboxylic acids is 1. The first kappa shape index (κ1) is 68.7. The summed E-state index contributed by atoms with van der Waals surface area (Å²) in [5.41, 5.74) is 0. The van der Waals surface area contributed by atoms with Crippen molar-refractivity contribution in [3.63, 3.8) is 0 Å². The molecule has 1 aliphatic heterocycles. The normalized spacial score (nSPS) is 18.9. The van der Waals surface area contributed by atoms with Crippen LogP contribution in [0.2, 0.25) is 0 Å². The van der Waals surface area contributed by atoms with Gasteiger partial charge in [-0.3, -0.25) is 14.4 Å². The Labute approximate surface area is 453 Å². The number of ether oxygens (including phenoxy) is 5. The van der Waals surface area contributed by atoms with Gasteiger partial charge in [-0.1, -0.05) is 227 Å². The number of carbonyl (C=O) groups excluding carboxylic acids is 3. The van der Waals surface area contributed by atoms with E-state index in [2.05, 4.69) is 99.8 Å². The summed E-state index contributed by atoms with van der Waals surface area (Å²) in [6, 6.07) is 0. The highest BCUT2D eigenvalue weighted by Crippen LogP contribution is 2.26. The van der Waals surface area contributed by atoms with Gasteiger partial charge in [0.15, 0.2) is 24.6 Å². The zero-order valence-electron chi connectivity index (χ0n) is 46.8. The number of unbranched alkanes of at least 4 members (excludes halogenated alkanes) is 19. The SMILES string of the molecule is CC/C=C\C/C=C\C/C=C\C/C=C\C/C=C\CC(=O)OCC(COC1OC(C(=O)O)C(O)C(O)C1OC(=O)CCCCCCCCCCCCCCCCCCC)OC(=O)CCCCC/C=C\C/C=C\C/C=C\CC. The number of esters is 3. The third-order valence-corrected chi connectivity index (χ3v) is 12.7. The number of carbonyl (C=O) groups is 4. The van der Waals surface area contributed by atoms with Crippen molar-refractivity contribution >= 4 is 23.9 Å². The molecule has 0 saturated carbocycles. The number of allylic oxidation sites excluding steroid dienone is 15. The van der Waals surface area contributed by atoms with E-state index in [1.165, 1.54) is 77.0 Å². The summed E-state index contributed by atoms with van der Waals surface area (Å²) >= 11 is 0. The molecule has 12 nitrogen and oxygen atoms in total. The molecule has 12 heteroatoms. The average Bonchev–Trinajstić information content (AvgIpc) is 3.39. The number of carboxylic acid groups (broad SMARTS) is 1. The largest absolute Gasteiger partial charge is 0.479 e. The van der Waals surface area contributed by atoms with Gasteiger partial charge in [0, 0.05) is 12.8 Å². The zero-order chi connectivity index (χ0) is 54.7. The Balaban J connectivity index is 2.75. The van der Waals surface area contributed by atoms with Crippen molar-refractivity contribution in [3.05, 3.63) is 97.2 Å². The molecule has 0 bridgehead atoms. The Bertz CT molecular complexity index is 1670. The number of aliphatic carboxylic acids is 1. The van der Waals surface area contributed by atoms with Crippen molar-refractivity contribution in [2.45, 2.75) is 263 Å². The quantitative estimate of drug-likeness (QED) is 0.0228. The lowest BCUT2D eigenvalue weighted by molar-refractivity contribution is -0.301. The Morgan fingerprint density at radius 3 is 1.35 bits per heavy atom. The van der Waals surface area contributed by atoms with Crippen LogP contribution in [0.5, 0.6) is 0 Å². The Morgan fingerprint density at radius 1 is 0.467 bits per heavy atom. The second-order valence-electron chi connectivity index (χ2n) is 19.5. The zero-order valence-corrected chi connectivity index (χ0v) is 46.8. The molecule has 6 unspecified atom stereocenters. The predicted molar refractivity (Wildman–Crippen MR) is 303 cm³/mol. The molecule has 1 saturated heterocycles. The number of aliphatic hydroxyl groups excluding tert-OH is 2. The van der Waals surface area contributed by atoms with E-state index < -0.39 is 67.3 Å². The molecule has 426 valence electrons. The fourth-order valence-electron chi connectivity index (χ4n) is 8.28. The van der Waals surface area contributed by atoms with Gasteiger partial charge >= 0.3 is 23.9 Å². The van der Waals surface area contributed by atoms with Gasteiger partial charge < -0.3 is 39.0 Å². The molecule has 1 fully saturated rings. The fourth-order valence-corrected chi connectivity index (χ4v) is 8.28. The molecule has 0 aromatic carbocycles. The van der Waals surface area contributed by atoms with E-state index in [1.54, 1.807) is 6.08 Å². The molecule has 75 heavy (non-hydrogen) atoms. The predicted octanol–water partition coefficient (Wildman–Crippen LogP) is 14.9. The van der Waals surface area contributed by atoms with Crippen molar-refractivity contribution in [2.24, 2.45) is 0 Å². The fraction of sp³-hybridized carbons (Fsp3) is 0.683. The highest BCUT2D eigenvalue weighted by molar-refractivity contribution is 5.74. The minimum atomic E-state index is -1.92. The number of hydrogen-bond acceptors (Lipinski definition) is 11. The lowest BCUT2D eigenvalue weighted by Crippen LogP contribution is -2.61. The maximum atomic E-state index is 13.1. The summed E-state index contributed by atoms with van der Waals surface area (Å²) in [5.74, 6) is -3.33. The van der Waals surface area contributed by atoms with Crippen LogP contribution in [0.15, 0.2) is 97.2 Å². The third kappa shape index (κ3) is 40.6. The van der Waals surface area contributed by atoms with Gasteiger partial charge in [-0.2, -0.15) is 0 Å². The van der Waals surface area contributed by atoms with Crippen LogP contribution in [0.4, 0.5) is 0 Å². The average molecular weight is 1050 g/mol. The van der Waals surface area contributed by atoms with E-state index in [4.69, 9.17) is 23.7 Å². The minimum Gasteiger partial charge on any atom is -0.479 e. The highest BCUT2D eigenvalue weighted by atomic mass is 16.7. The standard InChI is InChI=1S/C63H102O12/c1-4-7-10-13-16-19-22-25-27-28-30-33-36-39-42-45-48-51-57(66)74-61-59(68)58(67)60(62(69)70)75-63(61)72-53-54(73-56(65)50-47-44-41-38-35-31-24-21-18-15-12-9-6-3)52-71-55(64)49-46-43-40-37-34-32-29-26-23-20-17-14-11-8-5-2/h8-9,11-12,17-18,20-21,26,29,31,34-35,37,43,46,54,58-61,63,67-68H,4-7,10,13-16,19,22-25,27-28,30,32-33,36,38-42,44-45,47-53H2,1-3H3,(H,69,70)/b11-8-,12-9-,20-17-,21-18-,29-26-,35-31-,37-34-,46-43-. The summed E-state index contributed by atoms with van der Waals surface area (Å²) in [4.78, 5) is 51.0. The highest BCUT2D eigenvalue weighted by Gasteiger charge is 2.50. The molecule has 1 heterocycles. The van der Waals surface area contributed by atoms with Gasteiger partial charge in [0.05, 0.1) is 13.0 Å². The van der Waals surface area contributed by atoms with Crippen molar-refractivity contribution in [1.29, 1.82) is 0 Å². The van der Waals surface area contributed by atoms with E-state index in [0.29, 0.717) is 19.3 Å². The Kier molecular flexibility index (Phi) is 46.2. The lowest BCUT2D eigenvalue weighted by Gasteiger charge is -2.40. The molecule has 1 rings (SSSR count). The second kappa shape index (κ2) is 50.5. The van der Waals surface area contributed by atoms with Crippen LogP contribution in [-0.4, -0.2) is 89.2 Å². The molecule has 0 spiro atoms. The lowest BCUT2D eigenvalue weighted by atomic mass is 9.98. The number of aliphatic hydroxyl groups is 2. The first-order chi connectivity index (χ1) is 36.6. The van der Waals surface area contributed by atoms with Gasteiger partial charge in [-0.15, -0.1) is 0 Å². The summed E-state index contributed by atoms with van der Waals surface area (Å²) in [6.07, 6.45) is 54.1. The Morgan fingerprint density at radius 2 is 0.880 bits per heavy atom. The van der Waals surface area contributed by atoms with Gasteiger partial charge in [-0.25, -0.2) is 4.79 Å². The first-order valence-electron chi connectivity index (χ1n) is 29.2. The molecule has 0 aromatic rings. The van der Waals surface area contributed by atoms with E-state index >= 15 is 0 Å². The summed E-state index contributed by atoms with van der Waals surface area (Å²) < 4.78 is 28.2. The van der Waals surface area contributed by atoms with Crippen LogP contribution < -0.4 is 0 Å². The molecule has 0 radical (unpaired) electrons. The van der Waals surface area contributed by atoms with Gasteiger partial charge in [0.2, 0.25) is 0 Å². The maximum Gasteiger partial charge on any atom is 0.335 e. The van der Waals surface area contributed by atoms with Crippen LogP contribution in [0, 0.1) is 0 Å². The van der Waals surface area contributed by atoms with Gasteiger partial charge in [-0.05, 0) is 77.0 Å². The smallest absolute Gasteiger partial charge is 0.335 e. The van der Waals surface area contributed by atoms with Crippen molar-refractivity contribution in [1.82, 2.24) is 0 Å². The first-order valence-corrected chi connectivity index (χ1v) is 29.2. The molecule has 0 aromatic heterocycles. The van der Waals surface area contributed by atoms with E-state index in [-0.39, 0.29) is 25.9 Å². The molecule has 0 amide bonds. The van der Waals surface area contributed by atoms with Crippen LogP contribution in [0.1, 0.15) is 226 Å². The van der Waals surface area contributed by atoms with Crippen molar-refractivity contribution in [3.8, 4) is 0 Å². The van der Waals surface area contributed by atoms with Gasteiger partial charge in [0.1, 0.15) is 18.8 Å². The number of hydrogen-bond donors (Lipinski definition) is 3. The Hall–Kier alpha value is -4.36. The third-order valence-electron chi connectivity index (χ3n) is 12.7. The molecular formula is C63H102O12. The summed E-state index contributed by atoms with van der Waals surface area (Å²) in [7, 11) is 0. The molecule has 3 N–H and O–H groups in total. The van der Waals surface area contributed by atoms with Crippen molar-refractivity contribution < 1.29 is 58.2 Å².